The van der Waals surface area contributed by atoms with Crippen LogP contribution < -0.4 is 15.4 Å². The average Bonchev–Trinajstić information content (AvgIpc) is 2.62. The highest BCUT2D eigenvalue weighted by Gasteiger charge is 2.27. The summed E-state index contributed by atoms with van der Waals surface area (Å²) in [4.78, 5) is 45.6. The van der Waals surface area contributed by atoms with Gasteiger partial charge in [0, 0.05) is 11.8 Å². The molecule has 138 valence electrons. The van der Waals surface area contributed by atoms with E-state index in [2.05, 4.69) is 0 Å². The molecule has 3 N–H and O–H groups in total. The number of carboxylic acid groups (broad SMARTS) is 1. The van der Waals surface area contributed by atoms with Gasteiger partial charge in [-0.05, 0) is 29.5 Å². The molecule has 3 rings (SSSR count). The van der Waals surface area contributed by atoms with Gasteiger partial charge in [0.1, 0.15) is 11.3 Å². The van der Waals surface area contributed by atoms with Crippen molar-refractivity contribution in [3.63, 3.8) is 0 Å². The molecule has 0 atom stereocenters. The van der Waals surface area contributed by atoms with E-state index in [4.69, 9.17) is 9.84 Å². The normalized spacial score (nSPS) is 13.9. The monoisotopic (exact) mass is 368 g/mol. The number of hydrogen-bond donors (Lipinski definition) is 3. The minimum Gasteiger partial charge on any atom is -0.493 e. The van der Waals surface area contributed by atoms with E-state index < -0.39 is 23.8 Å². The molecule has 0 aliphatic carbocycles. The Morgan fingerprint density at radius 2 is 1.67 bits per heavy atom. The van der Waals surface area contributed by atoms with E-state index in [0.717, 1.165) is 10.8 Å². The molecule has 0 unspecified atom stereocenters. The van der Waals surface area contributed by atoms with Crippen molar-refractivity contribution in [1.82, 2.24) is 10.6 Å². The van der Waals surface area contributed by atoms with Gasteiger partial charge in [-0.15, -0.1) is 0 Å². The van der Waals surface area contributed by atoms with E-state index in [0.29, 0.717) is 17.7 Å². The first-order chi connectivity index (χ1) is 13.0. The van der Waals surface area contributed by atoms with Crippen molar-refractivity contribution < 1.29 is 29.0 Å². The summed E-state index contributed by atoms with van der Waals surface area (Å²) >= 11 is 0. The minimum atomic E-state index is -0.882. The second kappa shape index (κ2) is 7.69. The minimum absolute atomic E-state index is 0.0189. The molecule has 1 aliphatic heterocycles. The zero-order valence-electron chi connectivity index (χ0n) is 14.2. The summed E-state index contributed by atoms with van der Waals surface area (Å²) in [6, 6.07) is 9.81. The number of nitrogens with one attached hydrogen (secondary N) is 2. The quantitative estimate of drug-likeness (QED) is 0.406. The summed E-state index contributed by atoms with van der Waals surface area (Å²) < 4.78 is 5.68. The summed E-state index contributed by atoms with van der Waals surface area (Å²) in [6.07, 6.45) is 1.81. The zero-order valence-corrected chi connectivity index (χ0v) is 14.2. The summed E-state index contributed by atoms with van der Waals surface area (Å²) in [6.45, 7) is 0.254. The Morgan fingerprint density at radius 3 is 2.33 bits per heavy atom. The van der Waals surface area contributed by atoms with Crippen molar-refractivity contribution in [2.45, 2.75) is 12.8 Å². The average molecular weight is 368 g/mol. The van der Waals surface area contributed by atoms with Gasteiger partial charge in [-0.1, -0.05) is 30.3 Å². The third-order valence-corrected chi connectivity index (χ3v) is 3.95. The van der Waals surface area contributed by atoms with Crippen LogP contribution >= 0.6 is 0 Å². The molecular weight excluding hydrogens is 352 g/mol. The molecule has 27 heavy (non-hydrogen) atoms. The van der Waals surface area contributed by atoms with Gasteiger partial charge in [-0.3, -0.25) is 25.0 Å². The number of urea groups is 1. The standard InChI is InChI=1S/C19H16N2O6/c22-16(23)6-3-9-27-15-8-7-11(12-4-1-2-5-13(12)15)10-14-17(24)20-19(26)21-18(14)25/h1-2,4-5,7-8,10H,3,6,9H2,(H,22,23)(H2,20,21,24,25,26). The highest BCUT2D eigenvalue weighted by atomic mass is 16.5. The highest BCUT2D eigenvalue weighted by molar-refractivity contribution is 6.31. The van der Waals surface area contributed by atoms with Gasteiger partial charge in [-0.25, -0.2) is 4.79 Å². The van der Waals surface area contributed by atoms with Crippen LogP contribution in [-0.2, 0) is 14.4 Å². The molecule has 2 aromatic carbocycles. The lowest BCUT2D eigenvalue weighted by Gasteiger charge is -2.15. The first-order valence-electron chi connectivity index (χ1n) is 8.20. The maximum absolute atomic E-state index is 11.9. The first-order valence-corrected chi connectivity index (χ1v) is 8.20. The van der Waals surface area contributed by atoms with Crippen molar-refractivity contribution in [3.05, 3.63) is 47.5 Å². The Labute approximate surface area is 153 Å². The van der Waals surface area contributed by atoms with Crippen molar-refractivity contribution in [2.24, 2.45) is 0 Å². The number of imide groups is 2. The van der Waals surface area contributed by atoms with Crippen LogP contribution in [0.5, 0.6) is 5.75 Å². The summed E-state index contributed by atoms with van der Waals surface area (Å²) in [5.41, 5.74) is 0.438. The van der Waals surface area contributed by atoms with Crippen LogP contribution in [0, 0.1) is 0 Å². The third kappa shape index (κ3) is 4.12. The molecular formula is C19H16N2O6. The maximum atomic E-state index is 11.9. The smallest absolute Gasteiger partial charge is 0.328 e. The van der Waals surface area contributed by atoms with E-state index >= 15 is 0 Å². The Bertz CT molecular complexity index is 957. The second-order valence-electron chi connectivity index (χ2n) is 5.84. The van der Waals surface area contributed by atoms with Gasteiger partial charge in [0.15, 0.2) is 0 Å². The van der Waals surface area contributed by atoms with Gasteiger partial charge in [-0.2, -0.15) is 0 Å². The van der Waals surface area contributed by atoms with Gasteiger partial charge in [0.2, 0.25) is 0 Å². The van der Waals surface area contributed by atoms with E-state index in [9.17, 15) is 19.2 Å². The number of barbiturate groups is 1. The van der Waals surface area contributed by atoms with Crippen molar-refractivity contribution in [2.75, 3.05) is 6.61 Å². The number of amides is 4. The van der Waals surface area contributed by atoms with Gasteiger partial charge >= 0.3 is 12.0 Å². The van der Waals surface area contributed by atoms with E-state index in [1.807, 2.05) is 34.9 Å². The predicted molar refractivity (Wildman–Crippen MR) is 96.0 cm³/mol. The van der Waals surface area contributed by atoms with Gasteiger partial charge in [0.25, 0.3) is 11.8 Å². The second-order valence-corrected chi connectivity index (χ2v) is 5.84. The molecule has 2 aromatic rings. The number of carbonyl (C=O) groups excluding carboxylic acids is 3. The van der Waals surface area contributed by atoms with Crippen molar-refractivity contribution in [3.8, 4) is 5.75 Å². The number of carboxylic acids is 1. The van der Waals surface area contributed by atoms with E-state index in [-0.39, 0.29) is 18.6 Å². The molecule has 0 aromatic heterocycles. The van der Waals surface area contributed by atoms with Crippen LogP contribution in [0.25, 0.3) is 16.8 Å². The van der Waals surface area contributed by atoms with Crippen LogP contribution in [0.1, 0.15) is 18.4 Å². The molecule has 8 nitrogen and oxygen atoms in total. The molecule has 1 saturated heterocycles. The predicted octanol–water partition coefficient (Wildman–Crippen LogP) is 1.83. The van der Waals surface area contributed by atoms with E-state index in [1.165, 1.54) is 6.08 Å². The van der Waals surface area contributed by atoms with Gasteiger partial charge in [0.05, 0.1) is 6.61 Å². The number of ether oxygens (including phenoxy) is 1. The number of aliphatic carboxylic acids is 1. The molecule has 1 heterocycles. The first kappa shape index (κ1) is 18.1. The molecule has 0 saturated carbocycles. The summed E-state index contributed by atoms with van der Waals surface area (Å²) in [7, 11) is 0. The topological polar surface area (TPSA) is 122 Å². The maximum Gasteiger partial charge on any atom is 0.328 e. The Morgan fingerprint density at radius 1 is 1.00 bits per heavy atom. The number of rotatable bonds is 6. The lowest BCUT2D eigenvalue weighted by atomic mass is 10.0. The Hall–Kier alpha value is -3.68. The summed E-state index contributed by atoms with van der Waals surface area (Å²) in [5.74, 6) is -1.83. The number of hydrogen-bond acceptors (Lipinski definition) is 5. The molecule has 4 amide bonds. The Balaban J connectivity index is 1.92. The Kier molecular flexibility index (Phi) is 5.16. The highest BCUT2D eigenvalue weighted by Crippen LogP contribution is 2.30. The third-order valence-electron chi connectivity index (χ3n) is 3.95. The van der Waals surface area contributed by atoms with Crippen LogP contribution in [0.15, 0.2) is 42.0 Å². The van der Waals surface area contributed by atoms with Crippen molar-refractivity contribution in [1.29, 1.82) is 0 Å². The molecule has 1 aliphatic rings. The SMILES string of the molecule is O=C(O)CCCOc1ccc(C=C2C(=O)NC(=O)NC2=O)c2ccccc12. The number of benzene rings is 2. The summed E-state index contributed by atoms with van der Waals surface area (Å²) in [5, 5.41) is 14.3. The van der Waals surface area contributed by atoms with E-state index in [1.54, 1.807) is 12.1 Å². The lowest BCUT2D eigenvalue weighted by molar-refractivity contribution is -0.137. The largest absolute Gasteiger partial charge is 0.493 e. The molecule has 0 radical (unpaired) electrons. The fourth-order valence-electron chi connectivity index (χ4n) is 2.71. The van der Waals surface area contributed by atoms with Crippen molar-refractivity contribution >= 4 is 40.7 Å². The molecule has 8 heteroatoms. The molecule has 0 spiro atoms. The molecule has 1 fully saturated rings. The number of carbonyl (C=O) groups is 4. The van der Waals surface area contributed by atoms with Crippen LogP contribution in [0.4, 0.5) is 4.79 Å². The fraction of sp³-hybridized carbons (Fsp3) is 0.158. The zero-order chi connectivity index (χ0) is 19.4. The fourth-order valence-corrected chi connectivity index (χ4v) is 2.71. The van der Waals surface area contributed by atoms with Gasteiger partial charge < -0.3 is 9.84 Å². The van der Waals surface area contributed by atoms with Crippen LogP contribution in [0.2, 0.25) is 0 Å². The molecule has 0 bridgehead atoms. The number of fused-ring (bicyclic) bond motifs is 1. The van der Waals surface area contributed by atoms with Crippen LogP contribution in [0.3, 0.4) is 0 Å². The lowest BCUT2D eigenvalue weighted by Crippen LogP contribution is -2.51. The van der Waals surface area contributed by atoms with Crippen LogP contribution in [-0.4, -0.2) is 35.5 Å².